The predicted molar refractivity (Wildman–Crippen MR) is 122 cm³/mol. The summed E-state index contributed by atoms with van der Waals surface area (Å²) >= 11 is 0. The molecule has 1 saturated carbocycles. The number of carbonyl (C=O) groups excluding carboxylic acids is 1. The number of amides is 1. The number of alkyl halides is 2. The van der Waals surface area contributed by atoms with Crippen LogP contribution in [0.4, 0.5) is 20.3 Å². The van der Waals surface area contributed by atoms with E-state index in [2.05, 4.69) is 32.3 Å². The van der Waals surface area contributed by atoms with Gasteiger partial charge in [0.15, 0.2) is 11.3 Å². The number of rotatable bonds is 6. The van der Waals surface area contributed by atoms with Gasteiger partial charge in [0, 0.05) is 25.5 Å². The number of morpholine rings is 1. The van der Waals surface area contributed by atoms with Crippen LogP contribution < -0.4 is 10.2 Å². The Hall–Kier alpha value is -3.08. The standard InChI is InChI=1S/C23H29F2N7O2/c1-2-15-3-5-16(6-4-15)32-14-18(20(29-32)21(24)25)27-23(33)17-13-26-31-8-7-19(28-22(17)31)30-9-11-34-12-10-30/h7-8,13-16,21H,2-6,9-12H2,1H3,(H,27,33)/t15-,16-. The van der Waals surface area contributed by atoms with E-state index in [4.69, 9.17) is 4.74 Å². The van der Waals surface area contributed by atoms with E-state index in [0.717, 1.165) is 32.1 Å². The van der Waals surface area contributed by atoms with Gasteiger partial charge in [-0.15, -0.1) is 0 Å². The van der Waals surface area contributed by atoms with Crippen LogP contribution in [0.25, 0.3) is 5.65 Å². The molecule has 3 aromatic heterocycles. The van der Waals surface area contributed by atoms with Gasteiger partial charge in [0.05, 0.1) is 31.1 Å². The Bertz CT molecular complexity index is 1150. The maximum Gasteiger partial charge on any atom is 0.284 e. The molecule has 1 aliphatic heterocycles. The second kappa shape index (κ2) is 9.65. The molecule has 0 bridgehead atoms. The third-order valence-corrected chi connectivity index (χ3v) is 6.92. The highest BCUT2D eigenvalue weighted by atomic mass is 19.3. The molecule has 11 heteroatoms. The first kappa shape index (κ1) is 22.7. The number of ether oxygens (including phenoxy) is 1. The van der Waals surface area contributed by atoms with E-state index >= 15 is 0 Å². The monoisotopic (exact) mass is 473 g/mol. The zero-order chi connectivity index (χ0) is 23.7. The predicted octanol–water partition coefficient (Wildman–Crippen LogP) is 4.09. The molecule has 4 heterocycles. The number of fused-ring (bicyclic) bond motifs is 1. The molecule has 2 fully saturated rings. The van der Waals surface area contributed by atoms with Crippen LogP contribution in [0.5, 0.6) is 0 Å². The van der Waals surface area contributed by atoms with Crippen LogP contribution in [0.2, 0.25) is 0 Å². The van der Waals surface area contributed by atoms with Crippen LogP contribution in [0, 0.1) is 5.92 Å². The number of carbonyl (C=O) groups is 1. The fourth-order valence-electron chi connectivity index (χ4n) is 4.85. The third kappa shape index (κ3) is 4.48. The summed E-state index contributed by atoms with van der Waals surface area (Å²) in [6, 6.07) is 1.90. The van der Waals surface area contributed by atoms with Crippen molar-refractivity contribution in [3.05, 3.63) is 35.9 Å². The summed E-state index contributed by atoms with van der Waals surface area (Å²) in [7, 11) is 0. The third-order valence-electron chi connectivity index (χ3n) is 6.92. The Balaban J connectivity index is 1.38. The van der Waals surface area contributed by atoms with E-state index < -0.39 is 18.0 Å². The summed E-state index contributed by atoms with van der Waals surface area (Å²) in [6.45, 7) is 4.81. The fourth-order valence-corrected chi connectivity index (χ4v) is 4.85. The second-order valence-electron chi connectivity index (χ2n) is 8.96. The van der Waals surface area contributed by atoms with Crippen LogP contribution in [0.3, 0.4) is 0 Å². The lowest BCUT2D eigenvalue weighted by Gasteiger charge is -2.27. The largest absolute Gasteiger partial charge is 0.378 e. The molecule has 3 aromatic rings. The maximum absolute atomic E-state index is 13.8. The van der Waals surface area contributed by atoms with Crippen LogP contribution >= 0.6 is 0 Å². The second-order valence-corrected chi connectivity index (χ2v) is 8.96. The topological polar surface area (TPSA) is 89.6 Å². The molecule has 182 valence electrons. The van der Waals surface area contributed by atoms with Crippen molar-refractivity contribution in [1.82, 2.24) is 24.4 Å². The minimum atomic E-state index is -2.79. The van der Waals surface area contributed by atoms with Gasteiger partial charge in [-0.05, 0) is 37.7 Å². The number of halogens is 2. The van der Waals surface area contributed by atoms with Gasteiger partial charge in [-0.2, -0.15) is 10.2 Å². The van der Waals surface area contributed by atoms with Crippen molar-refractivity contribution in [2.75, 3.05) is 36.5 Å². The number of aromatic nitrogens is 5. The Labute approximate surface area is 196 Å². The van der Waals surface area contributed by atoms with Gasteiger partial charge < -0.3 is 15.0 Å². The molecule has 1 amide bonds. The Morgan fingerprint density at radius 3 is 2.71 bits per heavy atom. The van der Waals surface area contributed by atoms with Crippen LogP contribution in [0.1, 0.15) is 67.5 Å². The Morgan fingerprint density at radius 1 is 1.24 bits per heavy atom. The highest BCUT2D eigenvalue weighted by Gasteiger charge is 2.27. The van der Waals surface area contributed by atoms with Crippen molar-refractivity contribution >= 4 is 23.1 Å². The summed E-state index contributed by atoms with van der Waals surface area (Å²) in [4.78, 5) is 19.8. The van der Waals surface area contributed by atoms with Crippen LogP contribution in [0.15, 0.2) is 24.7 Å². The lowest BCUT2D eigenvalue weighted by molar-refractivity contribution is 0.102. The highest BCUT2D eigenvalue weighted by Crippen LogP contribution is 2.35. The van der Waals surface area contributed by atoms with E-state index in [1.165, 1.54) is 16.9 Å². The quantitative estimate of drug-likeness (QED) is 0.580. The highest BCUT2D eigenvalue weighted by molar-refractivity contribution is 6.08. The zero-order valence-electron chi connectivity index (χ0n) is 19.2. The molecule has 0 aromatic carbocycles. The van der Waals surface area contributed by atoms with Crippen LogP contribution in [-0.4, -0.2) is 56.6 Å². The first-order chi connectivity index (χ1) is 16.5. The van der Waals surface area contributed by atoms with Crippen molar-refractivity contribution in [3.63, 3.8) is 0 Å². The molecule has 2 aliphatic rings. The SMILES string of the molecule is CC[C@H]1CC[C@H](n2cc(NC(=O)c3cnn4ccc(N5CCOCC5)nc34)c(C(F)F)n2)CC1. The van der Waals surface area contributed by atoms with Crippen molar-refractivity contribution in [1.29, 1.82) is 0 Å². The number of hydrogen-bond donors (Lipinski definition) is 1. The first-order valence-electron chi connectivity index (χ1n) is 11.9. The molecule has 0 radical (unpaired) electrons. The molecule has 9 nitrogen and oxygen atoms in total. The molecular weight excluding hydrogens is 444 g/mol. The summed E-state index contributed by atoms with van der Waals surface area (Å²) in [5.41, 5.74) is 0.197. The minimum absolute atomic E-state index is 0.0290. The van der Waals surface area contributed by atoms with E-state index in [1.807, 2.05) is 6.07 Å². The van der Waals surface area contributed by atoms with E-state index in [1.54, 1.807) is 10.9 Å². The normalized spacial score (nSPS) is 21.4. The summed E-state index contributed by atoms with van der Waals surface area (Å²) in [6.07, 6.45) is 6.94. The van der Waals surface area contributed by atoms with Gasteiger partial charge >= 0.3 is 0 Å². The average molecular weight is 474 g/mol. The van der Waals surface area contributed by atoms with Crippen molar-refractivity contribution in [3.8, 4) is 0 Å². The molecule has 0 atom stereocenters. The first-order valence-corrected chi connectivity index (χ1v) is 11.9. The fraction of sp³-hybridized carbons (Fsp3) is 0.565. The van der Waals surface area contributed by atoms with Crippen molar-refractivity contribution < 1.29 is 18.3 Å². The minimum Gasteiger partial charge on any atom is -0.378 e. The van der Waals surface area contributed by atoms with E-state index in [0.29, 0.717) is 43.7 Å². The van der Waals surface area contributed by atoms with Crippen molar-refractivity contribution in [2.24, 2.45) is 5.92 Å². The number of hydrogen-bond acceptors (Lipinski definition) is 6. The Kier molecular flexibility index (Phi) is 6.44. The molecule has 0 unspecified atom stereocenters. The number of nitrogens with one attached hydrogen (secondary N) is 1. The lowest BCUT2D eigenvalue weighted by atomic mass is 9.85. The average Bonchev–Trinajstić information content (AvgIpc) is 3.49. The summed E-state index contributed by atoms with van der Waals surface area (Å²) in [5.74, 6) is 0.859. The van der Waals surface area contributed by atoms with E-state index in [9.17, 15) is 13.6 Å². The van der Waals surface area contributed by atoms with E-state index in [-0.39, 0.29) is 17.3 Å². The summed E-state index contributed by atoms with van der Waals surface area (Å²) in [5, 5.41) is 11.0. The number of nitrogens with zero attached hydrogens (tertiary/aromatic N) is 6. The molecule has 34 heavy (non-hydrogen) atoms. The zero-order valence-corrected chi connectivity index (χ0v) is 19.2. The molecule has 0 spiro atoms. The van der Waals surface area contributed by atoms with Crippen molar-refractivity contribution in [2.45, 2.75) is 51.5 Å². The maximum atomic E-state index is 13.8. The van der Waals surface area contributed by atoms with Crippen LogP contribution in [-0.2, 0) is 4.74 Å². The molecule has 1 aliphatic carbocycles. The van der Waals surface area contributed by atoms with Gasteiger partial charge in [0.1, 0.15) is 11.4 Å². The molecule has 1 N–H and O–H groups in total. The molecule has 5 rings (SSSR count). The van der Waals surface area contributed by atoms with Gasteiger partial charge in [-0.3, -0.25) is 9.48 Å². The summed E-state index contributed by atoms with van der Waals surface area (Å²) < 4.78 is 36.0. The van der Waals surface area contributed by atoms with Gasteiger partial charge in [-0.25, -0.2) is 18.3 Å². The molecule has 1 saturated heterocycles. The van der Waals surface area contributed by atoms with Gasteiger partial charge in [0.25, 0.3) is 12.3 Å². The molecular formula is C23H29F2N7O2. The van der Waals surface area contributed by atoms with Gasteiger partial charge in [0.2, 0.25) is 0 Å². The Morgan fingerprint density at radius 2 is 2.00 bits per heavy atom. The number of anilines is 2. The smallest absolute Gasteiger partial charge is 0.284 e. The van der Waals surface area contributed by atoms with Gasteiger partial charge in [-0.1, -0.05) is 13.3 Å². The lowest BCUT2D eigenvalue weighted by Crippen LogP contribution is -2.36.